The molecule has 2 aliphatic heterocycles. The van der Waals surface area contributed by atoms with Crippen LogP contribution < -0.4 is 0 Å². The molecule has 4 atom stereocenters. The summed E-state index contributed by atoms with van der Waals surface area (Å²) in [6, 6.07) is 0. The van der Waals surface area contributed by atoms with E-state index in [9.17, 15) is 4.39 Å². The van der Waals surface area contributed by atoms with E-state index in [-0.39, 0.29) is 11.9 Å². The summed E-state index contributed by atoms with van der Waals surface area (Å²) in [5.74, 6) is 0.468. The number of halogens is 1. The quantitative estimate of drug-likeness (QED) is 0.642. The van der Waals surface area contributed by atoms with Crippen molar-refractivity contribution in [2.24, 2.45) is 5.92 Å². The van der Waals surface area contributed by atoms with Gasteiger partial charge in [0.15, 0.2) is 0 Å². The van der Waals surface area contributed by atoms with Crippen molar-refractivity contribution in [2.75, 3.05) is 13.1 Å². The molecule has 0 aromatic carbocycles. The second kappa shape index (κ2) is 3.23. The molecule has 76 valence electrons. The molecular weight excluding hydrogens is 165 g/mol. The summed E-state index contributed by atoms with van der Waals surface area (Å²) in [5, 5.41) is 0. The second-order valence-electron chi connectivity index (χ2n) is 4.81. The molecule has 2 rings (SSSR count). The van der Waals surface area contributed by atoms with Crippen LogP contribution in [0.4, 0.5) is 4.39 Å². The molecule has 0 bridgehead atoms. The second-order valence-corrected chi connectivity index (χ2v) is 4.81. The van der Waals surface area contributed by atoms with Crippen molar-refractivity contribution in [3.8, 4) is 0 Å². The van der Waals surface area contributed by atoms with Crippen molar-refractivity contribution in [3.63, 3.8) is 0 Å². The van der Waals surface area contributed by atoms with Gasteiger partial charge in [-0.25, -0.2) is 4.39 Å². The van der Waals surface area contributed by atoms with Gasteiger partial charge in [0.25, 0.3) is 0 Å². The summed E-state index contributed by atoms with van der Waals surface area (Å²) in [6.45, 7) is 5.25. The molecule has 0 amide bonds. The van der Waals surface area contributed by atoms with Crippen molar-refractivity contribution < 1.29 is 7.13 Å². The summed E-state index contributed by atoms with van der Waals surface area (Å²) in [7, 11) is 0. The summed E-state index contributed by atoms with van der Waals surface area (Å²) in [6.07, 6.45) is -0.243. The summed E-state index contributed by atoms with van der Waals surface area (Å²) >= 11 is 0. The molecule has 2 heteroatoms. The van der Waals surface area contributed by atoms with Crippen LogP contribution in [-0.2, 0) is 0 Å². The van der Waals surface area contributed by atoms with E-state index in [0.717, 1.165) is 6.42 Å². The van der Waals surface area contributed by atoms with Crippen LogP contribution in [0.5, 0.6) is 0 Å². The van der Waals surface area contributed by atoms with E-state index in [1.807, 2.05) is 0 Å². The predicted octanol–water partition coefficient (Wildman–Crippen LogP) is 2.61. The fraction of sp³-hybridized carbons (Fsp3) is 1.00. The third-order valence-electron chi connectivity index (χ3n) is 3.14. The largest absolute Gasteiger partial charge is 0.295 e. The van der Waals surface area contributed by atoms with Gasteiger partial charge in [-0.05, 0) is 38.1 Å². The minimum absolute atomic E-state index is 0.333. The molecular formula is C11H20FN. The van der Waals surface area contributed by atoms with Gasteiger partial charge >= 0.3 is 0 Å². The minimum atomic E-state index is -0.788. The maximum Gasteiger partial charge on any atom is 0.115 e. The number of nitrogens with zero attached hydrogens (tertiary/aromatic N) is 1. The monoisotopic (exact) mass is 187 g/mol. The van der Waals surface area contributed by atoms with Crippen LogP contribution in [0.25, 0.3) is 0 Å². The van der Waals surface area contributed by atoms with E-state index in [1.165, 1.54) is 0 Å². The maximum absolute atomic E-state index is 13.5. The van der Waals surface area contributed by atoms with E-state index >= 15 is 0 Å². The highest BCUT2D eigenvalue weighted by Crippen LogP contribution is 2.43. The SMILES string of the molecule is [2H]C1CN2C[C@H](F)C[C@]2(CC(C)C)C1[2H]. The van der Waals surface area contributed by atoms with Crippen LogP contribution in [0.15, 0.2) is 0 Å². The highest BCUT2D eigenvalue weighted by atomic mass is 19.1. The first-order chi connectivity index (χ1) is 6.95. The Labute approximate surface area is 83.1 Å². The molecule has 0 radical (unpaired) electrons. The molecule has 0 aromatic heterocycles. The van der Waals surface area contributed by atoms with Gasteiger partial charge in [0.1, 0.15) is 6.17 Å². The normalized spacial score (nSPS) is 53.7. The Morgan fingerprint density at radius 3 is 3.15 bits per heavy atom. The number of alkyl halides is 1. The molecule has 1 nitrogen and oxygen atoms in total. The van der Waals surface area contributed by atoms with Gasteiger partial charge in [0.05, 0.1) is 0 Å². The zero-order chi connectivity index (χ0) is 11.2. The Hall–Kier alpha value is -0.110. The Balaban J connectivity index is 2.22. The first-order valence-electron chi connectivity index (χ1n) is 6.35. The number of hydrogen-bond donors (Lipinski definition) is 0. The van der Waals surface area contributed by atoms with Crippen LogP contribution in [0.2, 0.25) is 0 Å². The molecule has 2 aliphatic rings. The van der Waals surface area contributed by atoms with Gasteiger partial charge in [0, 0.05) is 14.8 Å². The van der Waals surface area contributed by atoms with E-state index in [1.54, 1.807) is 0 Å². The van der Waals surface area contributed by atoms with E-state index in [0.29, 0.717) is 25.4 Å². The molecule has 0 spiro atoms. The van der Waals surface area contributed by atoms with Gasteiger partial charge in [-0.3, -0.25) is 4.90 Å². The highest BCUT2D eigenvalue weighted by molar-refractivity contribution is 5.03. The molecule has 0 aromatic rings. The lowest BCUT2D eigenvalue weighted by atomic mass is 9.85. The first-order valence-corrected chi connectivity index (χ1v) is 5.19. The van der Waals surface area contributed by atoms with Crippen molar-refractivity contribution in [2.45, 2.75) is 51.2 Å². The number of rotatable bonds is 2. The third kappa shape index (κ3) is 1.61. The number of hydrogen-bond acceptors (Lipinski definition) is 1. The average molecular weight is 187 g/mol. The third-order valence-corrected chi connectivity index (χ3v) is 3.14. The van der Waals surface area contributed by atoms with Crippen LogP contribution in [0, 0.1) is 5.92 Å². The Kier molecular flexibility index (Phi) is 1.79. The Morgan fingerprint density at radius 2 is 2.46 bits per heavy atom. The fourth-order valence-electron chi connectivity index (χ4n) is 2.81. The van der Waals surface area contributed by atoms with E-state index < -0.39 is 12.6 Å². The molecule has 0 saturated carbocycles. The van der Waals surface area contributed by atoms with Crippen LogP contribution >= 0.6 is 0 Å². The van der Waals surface area contributed by atoms with Crippen LogP contribution in [0.1, 0.15) is 42.2 Å². The van der Waals surface area contributed by atoms with Gasteiger partial charge in [0.2, 0.25) is 0 Å². The standard InChI is InChI=1S/C11H20FN/c1-9(2)6-11-4-3-5-13(11)8-10(12)7-11/h9-10H,3-8H2,1-2H3/t10-,11-/m1/s1/i3D,4D/t3?,4?,10-,11-. The van der Waals surface area contributed by atoms with Crippen molar-refractivity contribution in [1.29, 1.82) is 0 Å². The summed E-state index contributed by atoms with van der Waals surface area (Å²) in [4.78, 5) is 2.06. The maximum atomic E-state index is 13.5. The highest BCUT2D eigenvalue weighted by Gasteiger charge is 2.48. The molecule has 13 heavy (non-hydrogen) atoms. The first kappa shape index (κ1) is 7.22. The fourth-order valence-corrected chi connectivity index (χ4v) is 2.81. The van der Waals surface area contributed by atoms with E-state index in [2.05, 4.69) is 18.7 Å². The van der Waals surface area contributed by atoms with Crippen molar-refractivity contribution in [1.82, 2.24) is 4.90 Å². The number of fused-ring (bicyclic) bond motifs is 1. The van der Waals surface area contributed by atoms with Gasteiger partial charge in [-0.1, -0.05) is 13.8 Å². The Bertz CT molecular complexity index is 249. The van der Waals surface area contributed by atoms with Crippen LogP contribution in [-0.4, -0.2) is 29.7 Å². The van der Waals surface area contributed by atoms with Gasteiger partial charge in [-0.2, -0.15) is 0 Å². The zero-order valence-corrected chi connectivity index (χ0v) is 8.46. The van der Waals surface area contributed by atoms with Crippen molar-refractivity contribution >= 4 is 0 Å². The van der Waals surface area contributed by atoms with Crippen molar-refractivity contribution in [3.05, 3.63) is 0 Å². The average Bonchev–Trinajstić information content (AvgIpc) is 2.49. The predicted molar refractivity (Wildman–Crippen MR) is 52.5 cm³/mol. The van der Waals surface area contributed by atoms with Gasteiger partial charge in [-0.15, -0.1) is 0 Å². The van der Waals surface area contributed by atoms with Crippen LogP contribution in [0.3, 0.4) is 0 Å². The molecule has 0 aliphatic carbocycles. The zero-order valence-electron chi connectivity index (χ0n) is 10.5. The molecule has 2 saturated heterocycles. The van der Waals surface area contributed by atoms with E-state index in [4.69, 9.17) is 2.74 Å². The topological polar surface area (TPSA) is 3.24 Å². The lowest BCUT2D eigenvalue weighted by Crippen LogP contribution is -2.39. The smallest absolute Gasteiger partial charge is 0.115 e. The lowest BCUT2D eigenvalue weighted by molar-refractivity contribution is 0.163. The van der Waals surface area contributed by atoms with Gasteiger partial charge < -0.3 is 0 Å². The summed E-state index contributed by atoms with van der Waals surface area (Å²) < 4.78 is 29.4. The molecule has 2 heterocycles. The minimum Gasteiger partial charge on any atom is -0.295 e. The molecule has 0 N–H and O–H groups in total. The Morgan fingerprint density at radius 1 is 1.69 bits per heavy atom. The summed E-state index contributed by atoms with van der Waals surface area (Å²) in [5.41, 5.74) is -0.333. The molecule has 2 fully saturated rings. The molecule has 2 unspecified atom stereocenters. The lowest BCUT2D eigenvalue weighted by Gasteiger charge is -2.33.